The largest absolute Gasteiger partial charge is 0.207 e. The molecule has 0 saturated heterocycles. The van der Waals surface area contributed by atoms with E-state index >= 15 is 0 Å². The van der Waals surface area contributed by atoms with Gasteiger partial charge in [-0.15, -0.1) is 0 Å². The predicted molar refractivity (Wildman–Crippen MR) is 117 cm³/mol. The van der Waals surface area contributed by atoms with E-state index < -0.39 is 23.3 Å². The molecular weight excluding hydrogens is 400 g/mol. The normalized spacial score (nSPS) is 19.1. The van der Waals surface area contributed by atoms with Gasteiger partial charge in [-0.1, -0.05) is 44.0 Å². The van der Waals surface area contributed by atoms with E-state index in [1.807, 2.05) is 0 Å². The molecule has 1 saturated carbocycles. The van der Waals surface area contributed by atoms with E-state index in [0.29, 0.717) is 11.8 Å². The molecule has 3 aromatic rings. The molecule has 0 aliphatic heterocycles. The van der Waals surface area contributed by atoms with Gasteiger partial charge in [0, 0.05) is 10.9 Å². The fraction of sp³-hybridized carbons (Fsp3) is 0.407. The van der Waals surface area contributed by atoms with Crippen molar-refractivity contribution in [3.05, 3.63) is 82.4 Å². The van der Waals surface area contributed by atoms with Crippen LogP contribution in [0.5, 0.6) is 0 Å². The molecule has 0 bridgehead atoms. The lowest BCUT2D eigenvalue weighted by Gasteiger charge is -2.29. The second-order valence-corrected chi connectivity index (χ2v) is 8.89. The van der Waals surface area contributed by atoms with E-state index in [4.69, 9.17) is 0 Å². The number of halogens is 4. The molecule has 0 N–H and O–H groups in total. The molecule has 1 fully saturated rings. The van der Waals surface area contributed by atoms with Crippen molar-refractivity contribution in [1.82, 2.24) is 0 Å². The summed E-state index contributed by atoms with van der Waals surface area (Å²) in [6.07, 6.45) is 7.34. The molecule has 0 heterocycles. The van der Waals surface area contributed by atoms with E-state index in [1.165, 1.54) is 37.1 Å². The van der Waals surface area contributed by atoms with Crippen molar-refractivity contribution in [1.29, 1.82) is 0 Å². The van der Waals surface area contributed by atoms with Crippen LogP contribution in [0.4, 0.5) is 17.6 Å². The summed E-state index contributed by atoms with van der Waals surface area (Å²) in [7, 11) is 0. The lowest BCUT2D eigenvalue weighted by atomic mass is 9.77. The Morgan fingerprint density at radius 1 is 0.774 bits per heavy atom. The third-order valence-electron chi connectivity index (χ3n) is 6.81. The fourth-order valence-corrected chi connectivity index (χ4v) is 5.03. The van der Waals surface area contributed by atoms with Gasteiger partial charge in [-0.2, -0.15) is 0 Å². The Labute approximate surface area is 181 Å². The third kappa shape index (κ3) is 4.78. The summed E-state index contributed by atoms with van der Waals surface area (Å²) in [5.41, 5.74) is 1.70. The first-order valence-electron chi connectivity index (χ1n) is 11.3. The highest BCUT2D eigenvalue weighted by molar-refractivity contribution is 5.83. The van der Waals surface area contributed by atoms with E-state index in [2.05, 4.69) is 6.92 Å². The van der Waals surface area contributed by atoms with Crippen LogP contribution >= 0.6 is 0 Å². The summed E-state index contributed by atoms with van der Waals surface area (Å²) in [5, 5.41) is 0.783. The van der Waals surface area contributed by atoms with Crippen LogP contribution in [0.2, 0.25) is 0 Å². The highest BCUT2D eigenvalue weighted by Crippen LogP contribution is 2.38. The third-order valence-corrected chi connectivity index (χ3v) is 6.81. The number of fused-ring (bicyclic) bond motifs is 1. The molecular formula is C27H28F4. The van der Waals surface area contributed by atoms with Gasteiger partial charge in [-0.05, 0) is 85.1 Å². The smallest absolute Gasteiger partial charge is 0.166 e. The van der Waals surface area contributed by atoms with E-state index in [-0.39, 0.29) is 23.3 Å². The van der Waals surface area contributed by atoms with Crippen molar-refractivity contribution < 1.29 is 17.6 Å². The number of hydrogen-bond acceptors (Lipinski definition) is 0. The fourth-order valence-electron chi connectivity index (χ4n) is 5.03. The van der Waals surface area contributed by atoms with Crippen LogP contribution in [-0.2, 0) is 12.8 Å². The Hall–Kier alpha value is -2.36. The molecule has 4 rings (SSSR count). The summed E-state index contributed by atoms with van der Waals surface area (Å²) < 4.78 is 56.8. The van der Waals surface area contributed by atoms with Gasteiger partial charge in [-0.25, -0.2) is 17.6 Å². The molecule has 0 spiro atoms. The molecule has 0 unspecified atom stereocenters. The zero-order valence-corrected chi connectivity index (χ0v) is 17.9. The van der Waals surface area contributed by atoms with Crippen molar-refractivity contribution in [3.63, 3.8) is 0 Å². The molecule has 1 aliphatic rings. The maximum Gasteiger partial charge on any atom is 0.166 e. The molecule has 0 nitrogen and oxygen atoms in total. The molecule has 31 heavy (non-hydrogen) atoms. The summed E-state index contributed by atoms with van der Waals surface area (Å²) in [5.74, 6) is -1.74. The monoisotopic (exact) mass is 428 g/mol. The Kier molecular flexibility index (Phi) is 6.64. The predicted octanol–water partition coefficient (Wildman–Crippen LogP) is 8.26. The highest BCUT2D eigenvalue weighted by Gasteiger charge is 2.24. The van der Waals surface area contributed by atoms with Gasteiger partial charge in [0.15, 0.2) is 11.6 Å². The lowest BCUT2D eigenvalue weighted by molar-refractivity contribution is 0.307. The lowest BCUT2D eigenvalue weighted by Crippen LogP contribution is -2.14. The van der Waals surface area contributed by atoms with Crippen molar-refractivity contribution in [2.75, 3.05) is 0 Å². The van der Waals surface area contributed by atoms with E-state index in [9.17, 15) is 17.6 Å². The first kappa shape index (κ1) is 21.9. The topological polar surface area (TPSA) is 0 Å². The summed E-state index contributed by atoms with van der Waals surface area (Å²) in [6.45, 7) is 2.20. The highest BCUT2D eigenvalue weighted by atomic mass is 19.2. The second kappa shape index (κ2) is 9.42. The SMILES string of the molecule is CCCC1CCC(c2cc(F)c(CCc3ccc4c(F)c(F)ccc4c3)c(F)c2)CC1. The van der Waals surface area contributed by atoms with Crippen molar-refractivity contribution in [3.8, 4) is 0 Å². The summed E-state index contributed by atoms with van der Waals surface area (Å²) in [6, 6.07) is 10.6. The van der Waals surface area contributed by atoms with Gasteiger partial charge in [-0.3, -0.25) is 0 Å². The Balaban J connectivity index is 1.46. The van der Waals surface area contributed by atoms with Gasteiger partial charge in [0.25, 0.3) is 0 Å². The molecule has 164 valence electrons. The van der Waals surface area contributed by atoms with Crippen LogP contribution in [0.15, 0.2) is 42.5 Å². The van der Waals surface area contributed by atoms with Gasteiger partial charge in [0.05, 0.1) is 0 Å². The number of benzene rings is 3. The van der Waals surface area contributed by atoms with Gasteiger partial charge >= 0.3 is 0 Å². The van der Waals surface area contributed by atoms with Crippen LogP contribution in [-0.4, -0.2) is 0 Å². The Morgan fingerprint density at radius 2 is 1.48 bits per heavy atom. The first-order valence-corrected chi connectivity index (χ1v) is 11.3. The quantitative estimate of drug-likeness (QED) is 0.347. The van der Waals surface area contributed by atoms with Crippen LogP contribution in [0.1, 0.15) is 68.1 Å². The maximum atomic E-state index is 14.8. The molecule has 4 heteroatoms. The van der Waals surface area contributed by atoms with Crippen LogP contribution in [0.25, 0.3) is 10.8 Å². The van der Waals surface area contributed by atoms with Gasteiger partial charge in [0.2, 0.25) is 0 Å². The number of aryl methyl sites for hydroxylation is 1. The van der Waals surface area contributed by atoms with Gasteiger partial charge in [0.1, 0.15) is 11.6 Å². The van der Waals surface area contributed by atoms with Crippen LogP contribution in [0, 0.1) is 29.2 Å². The minimum absolute atomic E-state index is 0.0915. The summed E-state index contributed by atoms with van der Waals surface area (Å²) in [4.78, 5) is 0. The molecule has 0 amide bonds. The first-order chi connectivity index (χ1) is 15.0. The van der Waals surface area contributed by atoms with E-state index in [1.54, 1.807) is 12.1 Å². The van der Waals surface area contributed by atoms with Crippen LogP contribution < -0.4 is 0 Å². The minimum Gasteiger partial charge on any atom is -0.207 e. The minimum atomic E-state index is -0.886. The Bertz CT molecular complexity index is 1040. The standard InChI is InChI=1S/C27H28F4/c1-2-3-17-4-8-19(9-5-17)21-15-25(29)23(26(30)16-21)12-7-18-6-11-22-20(14-18)10-13-24(28)27(22)31/h6,10-11,13-17,19H,2-5,7-9,12H2,1H3. The molecule has 0 radical (unpaired) electrons. The van der Waals surface area contributed by atoms with Gasteiger partial charge < -0.3 is 0 Å². The second-order valence-electron chi connectivity index (χ2n) is 8.89. The van der Waals surface area contributed by atoms with Crippen molar-refractivity contribution >= 4 is 10.8 Å². The Morgan fingerprint density at radius 3 is 2.16 bits per heavy atom. The van der Waals surface area contributed by atoms with E-state index in [0.717, 1.165) is 48.8 Å². The summed E-state index contributed by atoms with van der Waals surface area (Å²) >= 11 is 0. The molecule has 3 aromatic carbocycles. The molecule has 1 aliphatic carbocycles. The zero-order chi connectivity index (χ0) is 22.0. The maximum absolute atomic E-state index is 14.8. The van der Waals surface area contributed by atoms with Crippen molar-refractivity contribution in [2.24, 2.45) is 5.92 Å². The average molecular weight is 429 g/mol. The number of rotatable bonds is 6. The van der Waals surface area contributed by atoms with Crippen molar-refractivity contribution in [2.45, 2.75) is 64.2 Å². The molecule has 0 atom stereocenters. The molecule has 0 aromatic heterocycles. The van der Waals surface area contributed by atoms with Crippen LogP contribution in [0.3, 0.4) is 0 Å². The zero-order valence-electron chi connectivity index (χ0n) is 17.9. The number of hydrogen-bond donors (Lipinski definition) is 0. The average Bonchev–Trinajstić information content (AvgIpc) is 2.76.